The van der Waals surface area contributed by atoms with Crippen LogP contribution < -0.4 is 0 Å². The summed E-state index contributed by atoms with van der Waals surface area (Å²) in [6, 6.07) is 7.20. The van der Waals surface area contributed by atoms with E-state index in [1.165, 1.54) is 68.9 Å². The number of halogens is 1. The van der Waals surface area contributed by atoms with Gasteiger partial charge in [0, 0.05) is 3.42 Å². The monoisotopic (exact) mass is 412 g/mol. The summed E-state index contributed by atoms with van der Waals surface area (Å²) < 4.78 is 0.679. The Hall–Kier alpha value is -0.0500. The minimum absolute atomic E-state index is 0.506. The molecule has 1 saturated carbocycles. The molecule has 0 atom stereocenters. The molecule has 0 amide bonds. The number of hydrogen-bond acceptors (Lipinski definition) is 0. The van der Waals surface area contributed by atoms with E-state index >= 15 is 0 Å². The molecule has 124 valence electrons. The minimum Gasteiger partial charge on any atom is -0.0789 e. The second-order valence-electron chi connectivity index (χ2n) is 8.14. The fourth-order valence-electron chi connectivity index (χ4n) is 3.12. The Morgan fingerprint density at radius 1 is 1.14 bits per heavy atom. The zero-order chi connectivity index (χ0) is 16.2. The molecule has 0 N–H and O–H groups in total. The first-order valence-electron chi connectivity index (χ1n) is 9.11. The van der Waals surface area contributed by atoms with Crippen LogP contribution in [0.15, 0.2) is 18.2 Å². The van der Waals surface area contributed by atoms with E-state index in [4.69, 9.17) is 0 Å². The average Bonchev–Trinajstić information content (AvgIpc) is 3.19. The van der Waals surface area contributed by atoms with Gasteiger partial charge >= 0.3 is 0 Å². The summed E-state index contributed by atoms with van der Waals surface area (Å²) in [5.41, 5.74) is 5.10. The Labute approximate surface area is 151 Å². The van der Waals surface area contributed by atoms with Crippen LogP contribution in [0.1, 0.15) is 82.4 Å². The molecule has 22 heavy (non-hydrogen) atoms. The van der Waals surface area contributed by atoms with E-state index in [0.717, 1.165) is 0 Å². The maximum absolute atomic E-state index is 2.67. The highest BCUT2D eigenvalue weighted by Crippen LogP contribution is 2.48. The van der Waals surface area contributed by atoms with Crippen molar-refractivity contribution < 1.29 is 0 Å². The van der Waals surface area contributed by atoms with Crippen molar-refractivity contribution in [3.8, 4) is 0 Å². The molecule has 0 aromatic heterocycles. The first-order chi connectivity index (χ1) is 10.3. The summed E-state index contributed by atoms with van der Waals surface area (Å²) in [6.45, 7) is 9.39. The SMILES string of the molecule is CCC(C)(C)CCCc1ccc(CCCC2(I)CC2)cc1C. The third-order valence-corrected chi connectivity index (χ3v) is 7.16. The number of rotatable bonds is 9. The highest BCUT2D eigenvalue weighted by atomic mass is 127. The minimum atomic E-state index is 0.506. The molecule has 1 aromatic rings. The zero-order valence-electron chi connectivity index (χ0n) is 15.0. The van der Waals surface area contributed by atoms with Gasteiger partial charge in [0.05, 0.1) is 0 Å². The molecule has 1 aliphatic carbocycles. The molecule has 0 heterocycles. The van der Waals surface area contributed by atoms with E-state index in [1.54, 1.807) is 5.56 Å². The summed E-state index contributed by atoms with van der Waals surface area (Å²) in [7, 11) is 0. The molecule has 1 aliphatic rings. The van der Waals surface area contributed by atoms with Crippen molar-refractivity contribution in [1.29, 1.82) is 0 Å². The Kier molecular flexibility index (Phi) is 6.39. The Morgan fingerprint density at radius 3 is 2.45 bits per heavy atom. The van der Waals surface area contributed by atoms with Crippen LogP contribution in [0.5, 0.6) is 0 Å². The van der Waals surface area contributed by atoms with Crippen molar-refractivity contribution >= 4 is 22.6 Å². The van der Waals surface area contributed by atoms with Gasteiger partial charge in [-0.3, -0.25) is 0 Å². The topological polar surface area (TPSA) is 0 Å². The van der Waals surface area contributed by atoms with Gasteiger partial charge in [0.25, 0.3) is 0 Å². The van der Waals surface area contributed by atoms with Crippen LogP contribution in [0, 0.1) is 12.3 Å². The van der Waals surface area contributed by atoms with Crippen LogP contribution in [-0.2, 0) is 12.8 Å². The molecule has 0 spiro atoms. The van der Waals surface area contributed by atoms with Gasteiger partial charge in [-0.15, -0.1) is 0 Å². The van der Waals surface area contributed by atoms with Gasteiger partial charge in [0.15, 0.2) is 0 Å². The first-order valence-corrected chi connectivity index (χ1v) is 10.2. The lowest BCUT2D eigenvalue weighted by molar-refractivity contribution is 0.313. The highest BCUT2D eigenvalue weighted by Gasteiger charge is 2.38. The second kappa shape index (κ2) is 7.68. The molecule has 0 saturated heterocycles. The largest absolute Gasteiger partial charge is 0.0789 e. The summed E-state index contributed by atoms with van der Waals surface area (Å²) >= 11 is 2.67. The third-order valence-electron chi connectivity index (χ3n) is 5.55. The van der Waals surface area contributed by atoms with Gasteiger partial charge in [-0.1, -0.05) is 68.0 Å². The lowest BCUT2D eigenvalue weighted by Crippen LogP contribution is -2.09. The molecule has 0 radical (unpaired) electrons. The van der Waals surface area contributed by atoms with Crippen molar-refractivity contribution in [3.63, 3.8) is 0 Å². The summed E-state index contributed by atoms with van der Waals surface area (Å²) in [4.78, 5) is 0. The lowest BCUT2D eigenvalue weighted by Gasteiger charge is -2.22. The van der Waals surface area contributed by atoms with Crippen molar-refractivity contribution in [2.75, 3.05) is 0 Å². The van der Waals surface area contributed by atoms with Crippen molar-refractivity contribution in [2.45, 2.75) is 88.9 Å². The Balaban J connectivity index is 1.78. The van der Waals surface area contributed by atoms with Gasteiger partial charge in [0.1, 0.15) is 0 Å². The second-order valence-corrected chi connectivity index (χ2v) is 10.4. The predicted molar refractivity (Wildman–Crippen MR) is 107 cm³/mol. The van der Waals surface area contributed by atoms with E-state index in [0.29, 0.717) is 8.84 Å². The quantitative estimate of drug-likeness (QED) is 0.301. The standard InChI is InChI=1S/C21H33I/c1-5-20(3,4)12-7-9-19-11-10-18(16-17(19)2)8-6-13-21(22)14-15-21/h10-11,16H,5-9,12-15H2,1-4H3. The fourth-order valence-corrected chi connectivity index (χ4v) is 3.77. The van der Waals surface area contributed by atoms with Gasteiger partial charge in [-0.25, -0.2) is 0 Å². The van der Waals surface area contributed by atoms with E-state index < -0.39 is 0 Å². The van der Waals surface area contributed by atoms with Crippen LogP contribution in [-0.4, -0.2) is 3.42 Å². The average molecular weight is 412 g/mol. The maximum atomic E-state index is 2.67. The smallest absolute Gasteiger partial charge is 0.0223 e. The molecule has 0 bridgehead atoms. The molecule has 0 unspecified atom stereocenters. The van der Waals surface area contributed by atoms with E-state index in [9.17, 15) is 0 Å². The summed E-state index contributed by atoms with van der Waals surface area (Å²) in [5.74, 6) is 0. The van der Waals surface area contributed by atoms with Crippen LogP contribution in [0.2, 0.25) is 0 Å². The van der Waals surface area contributed by atoms with Crippen LogP contribution >= 0.6 is 22.6 Å². The number of benzene rings is 1. The number of hydrogen-bond donors (Lipinski definition) is 0. The van der Waals surface area contributed by atoms with Crippen molar-refractivity contribution in [2.24, 2.45) is 5.41 Å². The summed E-state index contributed by atoms with van der Waals surface area (Å²) in [5, 5.41) is 0. The van der Waals surface area contributed by atoms with Crippen molar-refractivity contribution in [1.82, 2.24) is 0 Å². The van der Waals surface area contributed by atoms with E-state index in [2.05, 4.69) is 68.5 Å². The van der Waals surface area contributed by atoms with Gasteiger partial charge < -0.3 is 0 Å². The number of alkyl halides is 1. The molecule has 0 nitrogen and oxygen atoms in total. The van der Waals surface area contributed by atoms with E-state index in [-0.39, 0.29) is 0 Å². The van der Waals surface area contributed by atoms with Crippen LogP contribution in [0.25, 0.3) is 0 Å². The predicted octanol–water partition coefficient (Wildman–Crippen LogP) is 7.04. The van der Waals surface area contributed by atoms with Gasteiger partial charge in [0.2, 0.25) is 0 Å². The molecular formula is C21H33I. The van der Waals surface area contributed by atoms with Crippen molar-refractivity contribution in [3.05, 3.63) is 34.9 Å². The lowest BCUT2D eigenvalue weighted by atomic mass is 9.84. The summed E-state index contributed by atoms with van der Waals surface area (Å²) in [6.07, 6.45) is 12.1. The highest BCUT2D eigenvalue weighted by molar-refractivity contribution is 14.1. The fraction of sp³-hybridized carbons (Fsp3) is 0.714. The van der Waals surface area contributed by atoms with Gasteiger partial charge in [-0.2, -0.15) is 0 Å². The first kappa shape index (κ1) is 18.3. The molecule has 1 aromatic carbocycles. The maximum Gasteiger partial charge on any atom is 0.0223 e. The molecule has 0 aliphatic heterocycles. The zero-order valence-corrected chi connectivity index (χ0v) is 17.1. The van der Waals surface area contributed by atoms with Gasteiger partial charge in [-0.05, 0) is 80.4 Å². The Bertz CT molecular complexity index is 483. The number of aryl methyl sites for hydroxylation is 3. The molecule has 1 fully saturated rings. The van der Waals surface area contributed by atoms with Crippen LogP contribution in [0.3, 0.4) is 0 Å². The molecular weight excluding hydrogens is 379 g/mol. The normalized spacial score (nSPS) is 16.8. The van der Waals surface area contributed by atoms with E-state index in [1.807, 2.05) is 0 Å². The van der Waals surface area contributed by atoms with Crippen LogP contribution in [0.4, 0.5) is 0 Å². The molecule has 1 heteroatoms. The molecule has 2 rings (SSSR count). The Morgan fingerprint density at radius 2 is 1.86 bits per heavy atom. The third kappa shape index (κ3) is 5.86.